The Hall–Kier alpha value is -3.12. The molecule has 0 bridgehead atoms. The Bertz CT molecular complexity index is 996. The fourth-order valence-corrected chi connectivity index (χ4v) is 3.56. The molecule has 6 heteroatoms. The number of methoxy groups -OCH3 is 1. The van der Waals surface area contributed by atoms with Crippen LogP contribution in [0.5, 0.6) is 11.5 Å². The normalized spacial score (nSPS) is 11.1. The van der Waals surface area contributed by atoms with E-state index >= 15 is 0 Å². The molecule has 1 aromatic heterocycles. The van der Waals surface area contributed by atoms with Crippen LogP contribution in [0.3, 0.4) is 0 Å². The summed E-state index contributed by atoms with van der Waals surface area (Å²) in [5.74, 6) is 1.13. The van der Waals surface area contributed by atoms with Gasteiger partial charge in [0.15, 0.2) is 16.6 Å². The number of anilines is 2. The summed E-state index contributed by atoms with van der Waals surface area (Å²) in [5.41, 5.74) is 2.50. The zero-order valence-corrected chi connectivity index (χ0v) is 17.8. The van der Waals surface area contributed by atoms with Crippen LogP contribution in [0.1, 0.15) is 25.1 Å². The van der Waals surface area contributed by atoms with Crippen LogP contribution < -0.4 is 14.4 Å². The Morgan fingerprint density at radius 3 is 2.52 bits per heavy atom. The minimum Gasteiger partial charge on any atom is -0.493 e. The lowest BCUT2D eigenvalue weighted by Crippen LogP contribution is -2.23. The van der Waals surface area contributed by atoms with Crippen LogP contribution in [0.15, 0.2) is 60.0 Å². The molecule has 5 nitrogen and oxygen atoms in total. The minimum atomic E-state index is -0.174. The van der Waals surface area contributed by atoms with Crippen molar-refractivity contribution in [2.24, 2.45) is 0 Å². The molecule has 0 spiro atoms. The molecule has 0 aliphatic carbocycles. The molecule has 1 amide bonds. The molecule has 0 saturated carbocycles. The molecule has 150 valence electrons. The van der Waals surface area contributed by atoms with Crippen molar-refractivity contribution >= 4 is 34.1 Å². The number of carbonyl (C=O) groups excluding carboxylic acids is 1. The fourth-order valence-electron chi connectivity index (χ4n) is 2.73. The Kier molecular flexibility index (Phi) is 6.67. The van der Waals surface area contributed by atoms with Crippen molar-refractivity contribution in [3.63, 3.8) is 0 Å². The summed E-state index contributed by atoms with van der Waals surface area (Å²) in [6, 6.07) is 15.1. The van der Waals surface area contributed by atoms with Crippen LogP contribution in [0.2, 0.25) is 0 Å². The summed E-state index contributed by atoms with van der Waals surface area (Å²) in [6.07, 6.45) is 3.36. The van der Waals surface area contributed by atoms with Gasteiger partial charge in [0.2, 0.25) is 0 Å². The van der Waals surface area contributed by atoms with E-state index in [1.54, 1.807) is 24.2 Å². The summed E-state index contributed by atoms with van der Waals surface area (Å²) in [7, 11) is 1.60. The van der Waals surface area contributed by atoms with E-state index in [9.17, 15) is 4.79 Å². The molecule has 0 aliphatic heterocycles. The smallest absolute Gasteiger partial charge is 0.257 e. The van der Waals surface area contributed by atoms with Gasteiger partial charge in [-0.1, -0.05) is 24.3 Å². The Morgan fingerprint density at radius 2 is 1.90 bits per heavy atom. The van der Waals surface area contributed by atoms with Gasteiger partial charge in [0.05, 0.1) is 24.6 Å². The first-order valence-electron chi connectivity index (χ1n) is 9.32. The molecule has 0 aliphatic rings. The van der Waals surface area contributed by atoms with E-state index in [0.717, 1.165) is 16.9 Å². The van der Waals surface area contributed by atoms with E-state index in [1.165, 1.54) is 11.3 Å². The first-order valence-corrected chi connectivity index (χ1v) is 10.2. The van der Waals surface area contributed by atoms with E-state index in [2.05, 4.69) is 4.98 Å². The van der Waals surface area contributed by atoms with Gasteiger partial charge in [-0.25, -0.2) is 4.98 Å². The molecule has 0 saturated heterocycles. The highest BCUT2D eigenvalue weighted by atomic mass is 32.1. The number of carbonyl (C=O) groups is 1. The first-order chi connectivity index (χ1) is 14.0. The van der Waals surface area contributed by atoms with E-state index in [4.69, 9.17) is 9.47 Å². The molecule has 0 unspecified atom stereocenters. The number of rotatable bonds is 7. The predicted octanol–water partition coefficient (Wildman–Crippen LogP) is 5.63. The fraction of sp³-hybridized carbons (Fsp3) is 0.217. The number of ether oxygens (including phenoxy) is 2. The molecule has 0 radical (unpaired) electrons. The van der Waals surface area contributed by atoms with Crippen molar-refractivity contribution in [2.45, 2.75) is 26.9 Å². The quantitative estimate of drug-likeness (QED) is 0.476. The number of amides is 1. The number of para-hydroxylation sites is 1. The number of nitrogens with zero attached hydrogens (tertiary/aromatic N) is 2. The van der Waals surface area contributed by atoms with Gasteiger partial charge in [0.1, 0.15) is 0 Å². The van der Waals surface area contributed by atoms with Crippen molar-refractivity contribution in [3.05, 3.63) is 71.2 Å². The standard InChI is InChI=1S/C23H24N2O3S/c1-16(2)28-20-12-10-18(14-21(20)27-4)11-13-22(26)25(19-8-6-5-7-9-19)23-24-17(3)15-29-23/h5-16H,1-4H3/b13-11+. The second-order valence-electron chi connectivity index (χ2n) is 6.69. The molecular weight excluding hydrogens is 384 g/mol. The van der Waals surface area contributed by atoms with Crippen LogP contribution in [0.25, 0.3) is 6.08 Å². The molecular formula is C23H24N2O3S. The molecule has 0 fully saturated rings. The second-order valence-corrected chi connectivity index (χ2v) is 7.53. The van der Waals surface area contributed by atoms with E-state index in [-0.39, 0.29) is 12.0 Å². The Morgan fingerprint density at radius 1 is 1.14 bits per heavy atom. The van der Waals surface area contributed by atoms with Gasteiger partial charge in [0, 0.05) is 11.5 Å². The van der Waals surface area contributed by atoms with Gasteiger partial charge in [-0.3, -0.25) is 9.69 Å². The molecule has 3 aromatic rings. The molecule has 3 rings (SSSR count). The van der Waals surface area contributed by atoms with Crippen LogP contribution in [0.4, 0.5) is 10.8 Å². The number of aryl methyl sites for hydroxylation is 1. The molecule has 0 N–H and O–H groups in total. The zero-order chi connectivity index (χ0) is 20.8. The summed E-state index contributed by atoms with van der Waals surface area (Å²) in [6.45, 7) is 5.84. The highest BCUT2D eigenvalue weighted by Crippen LogP contribution is 2.31. The topological polar surface area (TPSA) is 51.7 Å². The monoisotopic (exact) mass is 408 g/mol. The van der Waals surface area contributed by atoms with Crippen molar-refractivity contribution in [1.82, 2.24) is 4.98 Å². The van der Waals surface area contributed by atoms with Crippen LogP contribution in [-0.4, -0.2) is 24.1 Å². The number of aromatic nitrogens is 1. The Labute approximate surface area is 175 Å². The SMILES string of the molecule is COc1cc(/C=C/C(=O)N(c2ccccc2)c2nc(C)cs2)ccc1OC(C)C. The van der Waals surface area contributed by atoms with Gasteiger partial charge in [0.25, 0.3) is 5.91 Å². The third-order valence-corrected chi connectivity index (χ3v) is 4.95. The number of benzene rings is 2. The minimum absolute atomic E-state index is 0.0491. The third-order valence-electron chi connectivity index (χ3n) is 4.00. The predicted molar refractivity (Wildman–Crippen MR) is 118 cm³/mol. The molecule has 2 aromatic carbocycles. The van der Waals surface area contributed by atoms with Crippen molar-refractivity contribution < 1.29 is 14.3 Å². The first kappa shape index (κ1) is 20.6. The summed E-state index contributed by atoms with van der Waals surface area (Å²) in [5, 5.41) is 2.57. The lowest BCUT2D eigenvalue weighted by Gasteiger charge is -2.18. The average molecular weight is 409 g/mol. The molecule has 1 heterocycles. The average Bonchev–Trinajstić information content (AvgIpc) is 3.13. The molecule has 0 atom stereocenters. The maximum atomic E-state index is 13.0. The maximum absolute atomic E-state index is 13.0. The zero-order valence-electron chi connectivity index (χ0n) is 17.0. The van der Waals surface area contributed by atoms with Gasteiger partial charge in [-0.2, -0.15) is 0 Å². The highest BCUT2D eigenvalue weighted by molar-refractivity contribution is 7.14. The summed E-state index contributed by atoms with van der Waals surface area (Å²) in [4.78, 5) is 19.1. The third kappa shape index (κ3) is 5.23. The largest absolute Gasteiger partial charge is 0.493 e. The summed E-state index contributed by atoms with van der Waals surface area (Å²) < 4.78 is 11.2. The maximum Gasteiger partial charge on any atom is 0.257 e. The molecule has 29 heavy (non-hydrogen) atoms. The summed E-state index contributed by atoms with van der Waals surface area (Å²) >= 11 is 1.44. The lowest BCUT2D eigenvalue weighted by molar-refractivity contribution is -0.113. The van der Waals surface area contributed by atoms with Gasteiger partial charge < -0.3 is 9.47 Å². The van der Waals surface area contributed by atoms with E-state index in [0.29, 0.717) is 16.6 Å². The van der Waals surface area contributed by atoms with E-state index < -0.39 is 0 Å². The van der Waals surface area contributed by atoms with Crippen molar-refractivity contribution in [2.75, 3.05) is 12.0 Å². The van der Waals surface area contributed by atoms with E-state index in [1.807, 2.05) is 74.7 Å². The van der Waals surface area contributed by atoms with Crippen LogP contribution in [-0.2, 0) is 4.79 Å². The van der Waals surface area contributed by atoms with Crippen LogP contribution in [0, 0.1) is 6.92 Å². The van der Waals surface area contributed by atoms with Gasteiger partial charge in [-0.15, -0.1) is 11.3 Å². The second kappa shape index (κ2) is 9.39. The number of hydrogen-bond donors (Lipinski definition) is 0. The van der Waals surface area contributed by atoms with Crippen LogP contribution >= 0.6 is 11.3 Å². The van der Waals surface area contributed by atoms with Crippen molar-refractivity contribution in [3.8, 4) is 11.5 Å². The van der Waals surface area contributed by atoms with Gasteiger partial charge >= 0.3 is 0 Å². The lowest BCUT2D eigenvalue weighted by atomic mass is 10.1. The van der Waals surface area contributed by atoms with Gasteiger partial charge in [-0.05, 0) is 56.7 Å². The Balaban J connectivity index is 1.87. The highest BCUT2D eigenvalue weighted by Gasteiger charge is 2.18. The van der Waals surface area contributed by atoms with Crippen molar-refractivity contribution in [1.29, 1.82) is 0 Å². The number of thiazole rings is 1. The number of hydrogen-bond acceptors (Lipinski definition) is 5.